The summed E-state index contributed by atoms with van der Waals surface area (Å²) in [4.78, 5) is 0. The number of hydrogen-bond acceptors (Lipinski definition) is 6. The summed E-state index contributed by atoms with van der Waals surface area (Å²) in [5, 5.41) is 26.9. The lowest BCUT2D eigenvalue weighted by Gasteiger charge is -2.11. The summed E-state index contributed by atoms with van der Waals surface area (Å²) in [6, 6.07) is 18.8. The first kappa shape index (κ1) is 28.4. The number of ether oxygens (including phenoxy) is 1. The molecule has 0 bridgehead atoms. The minimum Gasteiger partial charge on any atom is -0.504 e. The molecule has 3 aromatic rings. The molecule has 0 fully saturated rings. The molecule has 36 heavy (non-hydrogen) atoms. The molecule has 196 valence electrons. The second kappa shape index (κ2) is 16.6. The molecule has 0 aliphatic rings. The summed E-state index contributed by atoms with van der Waals surface area (Å²) in [6.45, 7) is 7.65. The first-order valence-electron chi connectivity index (χ1n) is 13.0. The summed E-state index contributed by atoms with van der Waals surface area (Å²) in [5.74, 6) is 0.697. The fourth-order valence-electron chi connectivity index (χ4n) is 4.24. The third-order valence-electron chi connectivity index (χ3n) is 6.22. The minimum absolute atomic E-state index is 0.206. The van der Waals surface area contributed by atoms with Gasteiger partial charge in [0.2, 0.25) is 0 Å². The molecule has 0 heterocycles. The molecule has 0 aromatic heterocycles. The number of phenolic OH excluding ortho intramolecular Hbond substituents is 1. The molecule has 0 aliphatic heterocycles. The smallest absolute Gasteiger partial charge is 0.162 e. The van der Waals surface area contributed by atoms with Gasteiger partial charge in [-0.05, 0) is 93.4 Å². The van der Waals surface area contributed by atoms with Crippen LogP contribution in [0, 0.1) is 0 Å². The molecule has 0 atom stereocenters. The highest BCUT2D eigenvalue weighted by atomic mass is 79.9. The monoisotopic (exact) mass is 556 g/mol. The van der Waals surface area contributed by atoms with Gasteiger partial charge >= 0.3 is 0 Å². The van der Waals surface area contributed by atoms with Gasteiger partial charge in [-0.2, -0.15) is 0 Å². The molecule has 5 N–H and O–H groups in total. The van der Waals surface area contributed by atoms with Crippen molar-refractivity contribution in [3.63, 3.8) is 0 Å². The van der Waals surface area contributed by atoms with Crippen LogP contribution in [0.25, 0.3) is 10.8 Å². The van der Waals surface area contributed by atoms with Crippen LogP contribution in [-0.2, 0) is 13.1 Å². The topological polar surface area (TPSA) is 77.6 Å². The maximum Gasteiger partial charge on any atom is 0.162 e. The van der Waals surface area contributed by atoms with Gasteiger partial charge in [-0.15, -0.1) is 0 Å². The van der Waals surface area contributed by atoms with Crippen LogP contribution in [0.15, 0.2) is 59.1 Å². The SMILES string of the molecule is COc1cc(Br)cc(CNCCCNCCCCNCCCNCc2cccc3ccccc23)c1O. The van der Waals surface area contributed by atoms with Crippen LogP contribution < -0.4 is 26.0 Å². The lowest BCUT2D eigenvalue weighted by molar-refractivity contribution is 0.369. The third-order valence-corrected chi connectivity index (χ3v) is 6.68. The van der Waals surface area contributed by atoms with Crippen LogP contribution >= 0.6 is 15.9 Å². The van der Waals surface area contributed by atoms with Crippen LogP contribution in [0.1, 0.15) is 36.8 Å². The van der Waals surface area contributed by atoms with Gasteiger partial charge in [-0.25, -0.2) is 0 Å². The molecule has 0 aliphatic carbocycles. The molecule has 3 rings (SSSR count). The predicted octanol–water partition coefficient (Wildman–Crippen LogP) is 4.94. The van der Waals surface area contributed by atoms with Crippen molar-refractivity contribution < 1.29 is 9.84 Å². The Bertz CT molecular complexity index is 1040. The Morgan fingerprint density at radius 3 is 1.97 bits per heavy atom. The largest absolute Gasteiger partial charge is 0.504 e. The zero-order valence-electron chi connectivity index (χ0n) is 21.4. The van der Waals surface area contributed by atoms with Gasteiger partial charge in [0, 0.05) is 23.1 Å². The van der Waals surface area contributed by atoms with Crippen molar-refractivity contribution in [2.75, 3.05) is 46.4 Å². The molecule has 6 nitrogen and oxygen atoms in total. The summed E-state index contributed by atoms with van der Waals surface area (Å²) in [7, 11) is 1.56. The quantitative estimate of drug-likeness (QED) is 0.143. The van der Waals surface area contributed by atoms with Crippen molar-refractivity contribution in [3.05, 3.63) is 70.2 Å². The van der Waals surface area contributed by atoms with E-state index >= 15 is 0 Å². The molecule has 0 saturated carbocycles. The summed E-state index contributed by atoms with van der Waals surface area (Å²) < 4.78 is 6.10. The number of halogens is 1. The molecule has 0 saturated heterocycles. The normalized spacial score (nSPS) is 11.3. The van der Waals surface area contributed by atoms with E-state index in [9.17, 15) is 5.11 Å². The maximum atomic E-state index is 10.2. The molecular formula is C29H41BrN4O2. The predicted molar refractivity (Wildman–Crippen MR) is 154 cm³/mol. The molecule has 0 amide bonds. The maximum absolute atomic E-state index is 10.2. The molecule has 0 radical (unpaired) electrons. The van der Waals surface area contributed by atoms with Gasteiger partial charge < -0.3 is 31.1 Å². The second-order valence-corrected chi connectivity index (χ2v) is 9.94. The Morgan fingerprint density at radius 1 is 0.694 bits per heavy atom. The number of unbranched alkanes of at least 4 members (excludes halogenated alkanes) is 1. The zero-order valence-corrected chi connectivity index (χ0v) is 23.0. The molecule has 0 unspecified atom stereocenters. The number of phenols is 1. The van der Waals surface area contributed by atoms with Crippen LogP contribution in [0.4, 0.5) is 0 Å². The van der Waals surface area contributed by atoms with Crippen LogP contribution in [0.3, 0.4) is 0 Å². The first-order valence-corrected chi connectivity index (χ1v) is 13.8. The number of methoxy groups -OCH3 is 1. The van der Waals surface area contributed by atoms with E-state index in [4.69, 9.17) is 4.74 Å². The Labute approximate surface area is 224 Å². The molecule has 7 heteroatoms. The van der Waals surface area contributed by atoms with Crippen molar-refractivity contribution in [2.45, 2.75) is 38.8 Å². The van der Waals surface area contributed by atoms with Crippen LogP contribution in [0.2, 0.25) is 0 Å². The molecule has 0 spiro atoms. The summed E-state index contributed by atoms with van der Waals surface area (Å²) in [6.07, 6.45) is 4.57. The average Bonchev–Trinajstić information content (AvgIpc) is 2.90. The zero-order chi connectivity index (χ0) is 25.4. The van der Waals surface area contributed by atoms with E-state index in [0.29, 0.717) is 12.3 Å². The number of benzene rings is 3. The highest BCUT2D eigenvalue weighted by molar-refractivity contribution is 9.10. The number of nitrogens with one attached hydrogen (secondary N) is 4. The van der Waals surface area contributed by atoms with E-state index in [1.165, 1.54) is 29.2 Å². The van der Waals surface area contributed by atoms with Gasteiger partial charge in [0.05, 0.1) is 7.11 Å². The van der Waals surface area contributed by atoms with Crippen molar-refractivity contribution in [3.8, 4) is 11.5 Å². The Balaban J connectivity index is 1.10. The van der Waals surface area contributed by atoms with Gasteiger partial charge in [-0.3, -0.25) is 0 Å². The van der Waals surface area contributed by atoms with Gasteiger partial charge in [0.1, 0.15) is 0 Å². The van der Waals surface area contributed by atoms with E-state index in [1.54, 1.807) is 13.2 Å². The second-order valence-electron chi connectivity index (χ2n) is 9.02. The van der Waals surface area contributed by atoms with E-state index in [2.05, 4.69) is 79.7 Å². The van der Waals surface area contributed by atoms with Crippen LogP contribution in [-0.4, -0.2) is 51.5 Å². The van der Waals surface area contributed by atoms with E-state index in [1.807, 2.05) is 6.07 Å². The Kier molecular flexibility index (Phi) is 13.1. The van der Waals surface area contributed by atoms with Gasteiger partial charge in [0.15, 0.2) is 11.5 Å². The first-order chi connectivity index (χ1) is 17.7. The number of fused-ring (bicyclic) bond motifs is 1. The van der Waals surface area contributed by atoms with Gasteiger partial charge in [-0.1, -0.05) is 58.4 Å². The third kappa shape index (κ3) is 9.71. The van der Waals surface area contributed by atoms with Crippen molar-refractivity contribution in [1.82, 2.24) is 21.3 Å². The Morgan fingerprint density at radius 2 is 1.28 bits per heavy atom. The number of rotatable bonds is 18. The summed E-state index contributed by atoms with van der Waals surface area (Å²) in [5.41, 5.74) is 2.20. The minimum atomic E-state index is 0.206. The fraction of sp³-hybridized carbons (Fsp3) is 0.448. The number of aromatic hydroxyl groups is 1. The highest BCUT2D eigenvalue weighted by Crippen LogP contribution is 2.33. The highest BCUT2D eigenvalue weighted by Gasteiger charge is 2.09. The number of hydrogen-bond donors (Lipinski definition) is 5. The average molecular weight is 558 g/mol. The lowest BCUT2D eigenvalue weighted by Crippen LogP contribution is -2.24. The van der Waals surface area contributed by atoms with E-state index in [-0.39, 0.29) is 5.75 Å². The molecular weight excluding hydrogens is 516 g/mol. The Hall–Kier alpha value is -2.16. The lowest BCUT2D eigenvalue weighted by atomic mass is 10.0. The fourth-order valence-corrected chi connectivity index (χ4v) is 4.72. The van der Waals surface area contributed by atoms with Crippen molar-refractivity contribution in [2.24, 2.45) is 0 Å². The van der Waals surface area contributed by atoms with E-state index < -0.39 is 0 Å². The molecule has 3 aromatic carbocycles. The van der Waals surface area contributed by atoms with Crippen molar-refractivity contribution in [1.29, 1.82) is 0 Å². The van der Waals surface area contributed by atoms with Gasteiger partial charge in [0.25, 0.3) is 0 Å². The standard InChI is InChI=1S/C29H41BrN4O2/c1-36-28-20-26(30)19-25(29(28)35)22-34-18-8-16-32-14-5-4-13-31-15-7-17-33-21-24-11-6-10-23-9-2-3-12-27(23)24/h2-3,6,9-12,19-20,31-35H,4-5,7-8,13-18,21-22H2,1H3. The summed E-state index contributed by atoms with van der Waals surface area (Å²) >= 11 is 3.45. The van der Waals surface area contributed by atoms with Crippen molar-refractivity contribution >= 4 is 26.7 Å². The van der Waals surface area contributed by atoms with Crippen LogP contribution in [0.5, 0.6) is 11.5 Å². The van der Waals surface area contributed by atoms with E-state index in [0.717, 1.165) is 68.7 Å².